The summed E-state index contributed by atoms with van der Waals surface area (Å²) >= 11 is 1.14. The van der Waals surface area contributed by atoms with Gasteiger partial charge in [0.15, 0.2) is 11.0 Å². The van der Waals surface area contributed by atoms with Crippen LogP contribution in [-0.2, 0) is 4.79 Å². The molecular weight excluding hydrogens is 369 g/mol. The first-order valence-corrected chi connectivity index (χ1v) is 8.98. The van der Waals surface area contributed by atoms with Gasteiger partial charge in [-0.25, -0.2) is 9.18 Å². The number of hydrogen-bond donors (Lipinski definition) is 2. The van der Waals surface area contributed by atoms with Crippen LogP contribution in [0.3, 0.4) is 0 Å². The molecule has 27 heavy (non-hydrogen) atoms. The third-order valence-electron chi connectivity index (χ3n) is 3.56. The largest absolute Gasteiger partial charge is 0.341 e. The summed E-state index contributed by atoms with van der Waals surface area (Å²) in [6, 6.07) is 14.7. The van der Waals surface area contributed by atoms with E-state index in [0.717, 1.165) is 17.4 Å². The van der Waals surface area contributed by atoms with Crippen LogP contribution in [0.2, 0.25) is 0 Å². The van der Waals surface area contributed by atoms with Crippen LogP contribution in [0.5, 0.6) is 0 Å². The van der Waals surface area contributed by atoms with Crippen LogP contribution >= 0.6 is 11.8 Å². The van der Waals surface area contributed by atoms with Crippen LogP contribution in [0.1, 0.15) is 0 Å². The van der Waals surface area contributed by atoms with Crippen LogP contribution in [-0.4, -0.2) is 39.5 Å². The molecule has 1 heterocycles. The molecule has 0 spiro atoms. The van der Waals surface area contributed by atoms with E-state index in [1.807, 2.05) is 30.3 Å². The van der Waals surface area contributed by atoms with Gasteiger partial charge in [-0.05, 0) is 36.4 Å². The number of halogens is 1. The number of para-hydroxylation sites is 1. The van der Waals surface area contributed by atoms with Crippen LogP contribution in [0.4, 0.5) is 9.18 Å². The summed E-state index contributed by atoms with van der Waals surface area (Å²) in [6.07, 6.45) is 0. The SMILES string of the molecule is CNC(=O)NC(=O)CSc1nnc(-c2ccc(F)cc2)n1-c1ccccc1. The number of aromatic nitrogens is 3. The summed E-state index contributed by atoms with van der Waals surface area (Å²) < 4.78 is 15.0. The number of imide groups is 1. The monoisotopic (exact) mass is 385 g/mol. The first kappa shape index (κ1) is 18.6. The van der Waals surface area contributed by atoms with Gasteiger partial charge >= 0.3 is 6.03 Å². The highest BCUT2D eigenvalue weighted by Crippen LogP contribution is 2.27. The van der Waals surface area contributed by atoms with E-state index in [9.17, 15) is 14.0 Å². The van der Waals surface area contributed by atoms with Crippen molar-refractivity contribution < 1.29 is 14.0 Å². The number of nitrogens with one attached hydrogen (secondary N) is 2. The zero-order valence-corrected chi connectivity index (χ0v) is 15.2. The Hall–Kier alpha value is -3.20. The molecule has 0 saturated heterocycles. The van der Waals surface area contributed by atoms with Gasteiger partial charge < -0.3 is 5.32 Å². The fraction of sp³-hybridized carbons (Fsp3) is 0.111. The van der Waals surface area contributed by atoms with Crippen molar-refractivity contribution in [3.05, 3.63) is 60.4 Å². The smallest absolute Gasteiger partial charge is 0.321 e. The maximum Gasteiger partial charge on any atom is 0.321 e. The molecule has 3 rings (SSSR count). The normalized spacial score (nSPS) is 10.4. The van der Waals surface area contributed by atoms with E-state index in [1.54, 1.807) is 16.7 Å². The van der Waals surface area contributed by atoms with Gasteiger partial charge in [-0.3, -0.25) is 14.7 Å². The highest BCUT2D eigenvalue weighted by molar-refractivity contribution is 7.99. The Kier molecular flexibility index (Phi) is 5.82. The summed E-state index contributed by atoms with van der Waals surface area (Å²) in [5.74, 6) is -0.285. The lowest BCUT2D eigenvalue weighted by Crippen LogP contribution is -2.38. The van der Waals surface area contributed by atoms with Crippen molar-refractivity contribution in [2.24, 2.45) is 0 Å². The van der Waals surface area contributed by atoms with E-state index < -0.39 is 11.9 Å². The number of thioether (sulfide) groups is 1. The lowest BCUT2D eigenvalue weighted by atomic mass is 10.2. The van der Waals surface area contributed by atoms with Crippen molar-refractivity contribution in [2.75, 3.05) is 12.8 Å². The van der Waals surface area contributed by atoms with E-state index in [1.165, 1.54) is 19.2 Å². The van der Waals surface area contributed by atoms with Crippen molar-refractivity contribution in [3.63, 3.8) is 0 Å². The highest BCUT2D eigenvalue weighted by Gasteiger charge is 2.17. The van der Waals surface area contributed by atoms with Gasteiger partial charge in [0.25, 0.3) is 0 Å². The number of carbonyl (C=O) groups excluding carboxylic acids is 2. The van der Waals surface area contributed by atoms with Crippen molar-refractivity contribution in [1.82, 2.24) is 25.4 Å². The summed E-state index contributed by atoms with van der Waals surface area (Å²) in [5.41, 5.74) is 1.49. The average Bonchev–Trinajstić information content (AvgIpc) is 3.11. The average molecular weight is 385 g/mol. The van der Waals surface area contributed by atoms with Crippen LogP contribution in [0.15, 0.2) is 59.8 Å². The summed E-state index contributed by atoms with van der Waals surface area (Å²) in [7, 11) is 1.43. The Morgan fingerprint density at radius 2 is 1.78 bits per heavy atom. The lowest BCUT2D eigenvalue weighted by Gasteiger charge is -2.10. The fourth-order valence-corrected chi connectivity index (χ4v) is 3.07. The van der Waals surface area contributed by atoms with Crippen molar-refractivity contribution in [2.45, 2.75) is 5.16 Å². The molecule has 0 unspecified atom stereocenters. The van der Waals surface area contributed by atoms with Crippen molar-refractivity contribution in [3.8, 4) is 17.1 Å². The van der Waals surface area contributed by atoms with E-state index >= 15 is 0 Å². The number of carbonyl (C=O) groups is 2. The molecule has 2 aromatic carbocycles. The molecule has 3 aromatic rings. The van der Waals surface area contributed by atoms with Gasteiger partial charge in [-0.15, -0.1) is 10.2 Å². The number of hydrogen-bond acceptors (Lipinski definition) is 5. The lowest BCUT2D eigenvalue weighted by molar-refractivity contribution is -0.117. The Morgan fingerprint density at radius 1 is 1.07 bits per heavy atom. The second-order valence-corrected chi connectivity index (χ2v) is 6.34. The molecule has 7 nitrogen and oxygen atoms in total. The molecule has 0 saturated carbocycles. The predicted molar refractivity (Wildman–Crippen MR) is 100 cm³/mol. The number of amides is 3. The number of urea groups is 1. The molecule has 1 aromatic heterocycles. The number of nitrogens with zero attached hydrogens (tertiary/aromatic N) is 3. The maximum atomic E-state index is 13.3. The molecule has 0 aliphatic carbocycles. The molecule has 9 heteroatoms. The molecule has 3 amide bonds. The van der Waals surface area contributed by atoms with Crippen molar-refractivity contribution in [1.29, 1.82) is 0 Å². The molecule has 2 N–H and O–H groups in total. The van der Waals surface area contributed by atoms with Gasteiger partial charge in [0.1, 0.15) is 5.82 Å². The van der Waals surface area contributed by atoms with Gasteiger partial charge in [0.05, 0.1) is 5.75 Å². The Balaban J connectivity index is 1.91. The number of benzene rings is 2. The zero-order chi connectivity index (χ0) is 19.2. The second-order valence-electron chi connectivity index (χ2n) is 5.40. The molecule has 0 aliphatic rings. The van der Waals surface area contributed by atoms with Crippen LogP contribution in [0.25, 0.3) is 17.1 Å². The quantitative estimate of drug-likeness (QED) is 0.659. The van der Waals surface area contributed by atoms with E-state index in [4.69, 9.17) is 0 Å². The Labute approximate surface area is 159 Å². The first-order chi connectivity index (χ1) is 13.1. The minimum absolute atomic E-state index is 0.0121. The summed E-state index contributed by atoms with van der Waals surface area (Å²) in [6.45, 7) is 0. The predicted octanol–water partition coefficient (Wildman–Crippen LogP) is 2.62. The van der Waals surface area contributed by atoms with E-state index in [0.29, 0.717) is 16.5 Å². The van der Waals surface area contributed by atoms with E-state index in [2.05, 4.69) is 20.8 Å². The third kappa shape index (κ3) is 4.50. The minimum Gasteiger partial charge on any atom is -0.341 e. The number of rotatable bonds is 5. The highest BCUT2D eigenvalue weighted by atomic mass is 32.2. The maximum absolute atomic E-state index is 13.3. The molecule has 0 aliphatic heterocycles. The second kappa shape index (κ2) is 8.45. The van der Waals surface area contributed by atoms with Crippen LogP contribution in [0, 0.1) is 5.82 Å². The van der Waals surface area contributed by atoms with Gasteiger partial charge in [-0.1, -0.05) is 30.0 Å². The third-order valence-corrected chi connectivity index (χ3v) is 4.49. The molecular formula is C18H16FN5O2S. The zero-order valence-electron chi connectivity index (χ0n) is 14.3. The van der Waals surface area contributed by atoms with Crippen molar-refractivity contribution >= 4 is 23.7 Å². The van der Waals surface area contributed by atoms with Gasteiger partial charge in [0.2, 0.25) is 5.91 Å². The standard InChI is InChI=1S/C18H16FN5O2S/c1-20-17(26)21-15(25)11-27-18-23-22-16(12-7-9-13(19)10-8-12)24(18)14-5-3-2-4-6-14/h2-10H,11H2,1H3,(H2,20,21,25,26). The first-order valence-electron chi connectivity index (χ1n) is 7.99. The van der Waals surface area contributed by atoms with Gasteiger partial charge in [-0.2, -0.15) is 0 Å². The van der Waals surface area contributed by atoms with E-state index in [-0.39, 0.29) is 11.6 Å². The minimum atomic E-state index is -0.572. The molecule has 0 atom stereocenters. The fourth-order valence-electron chi connectivity index (χ4n) is 2.31. The Bertz CT molecular complexity index is 944. The Morgan fingerprint density at radius 3 is 2.44 bits per heavy atom. The molecule has 138 valence electrons. The summed E-state index contributed by atoms with van der Waals surface area (Å²) in [4.78, 5) is 23.1. The molecule has 0 bridgehead atoms. The molecule has 0 radical (unpaired) electrons. The summed E-state index contributed by atoms with van der Waals surface area (Å²) in [5, 5.41) is 13.4. The molecule has 0 fully saturated rings. The van der Waals surface area contributed by atoms with Crippen LogP contribution < -0.4 is 10.6 Å². The topological polar surface area (TPSA) is 88.9 Å². The van der Waals surface area contributed by atoms with Gasteiger partial charge in [0, 0.05) is 18.3 Å².